The molecule has 7 nitrogen and oxygen atoms in total. The van der Waals surface area contributed by atoms with Crippen molar-refractivity contribution < 1.29 is 14.7 Å². The van der Waals surface area contributed by atoms with Gasteiger partial charge < -0.3 is 10.0 Å². The summed E-state index contributed by atoms with van der Waals surface area (Å²) < 4.78 is 1.63. The molecule has 110 valence electrons. The lowest BCUT2D eigenvalue weighted by Gasteiger charge is -2.35. The third-order valence-corrected chi connectivity index (χ3v) is 3.66. The molecule has 1 aliphatic rings. The van der Waals surface area contributed by atoms with Gasteiger partial charge in [0.2, 0.25) is 5.91 Å². The SMILES string of the molecule is O=C(O)CC[C@H]1CCCCN1C(=O)CCn1cncn1. The number of carbonyl (C=O) groups excluding carboxylic acids is 1. The number of piperidine rings is 1. The number of hydrogen-bond donors (Lipinski definition) is 1. The molecule has 1 atom stereocenters. The molecule has 0 aliphatic carbocycles. The first-order chi connectivity index (χ1) is 9.66. The molecule has 1 N–H and O–H groups in total. The smallest absolute Gasteiger partial charge is 0.303 e. The molecular weight excluding hydrogens is 260 g/mol. The highest BCUT2D eigenvalue weighted by atomic mass is 16.4. The van der Waals surface area contributed by atoms with E-state index in [0.717, 1.165) is 25.8 Å². The van der Waals surface area contributed by atoms with Crippen LogP contribution >= 0.6 is 0 Å². The summed E-state index contributed by atoms with van der Waals surface area (Å²) in [5.41, 5.74) is 0. The molecule has 1 aromatic rings. The maximum atomic E-state index is 12.3. The lowest BCUT2D eigenvalue weighted by atomic mass is 9.97. The highest BCUT2D eigenvalue weighted by Gasteiger charge is 2.26. The summed E-state index contributed by atoms with van der Waals surface area (Å²) in [5.74, 6) is -0.721. The zero-order valence-electron chi connectivity index (χ0n) is 11.4. The quantitative estimate of drug-likeness (QED) is 0.837. The van der Waals surface area contributed by atoms with Crippen molar-refractivity contribution in [2.24, 2.45) is 0 Å². The molecule has 0 spiro atoms. The van der Waals surface area contributed by atoms with Crippen LogP contribution in [0.2, 0.25) is 0 Å². The number of likely N-dealkylation sites (tertiary alicyclic amines) is 1. The highest BCUT2D eigenvalue weighted by Crippen LogP contribution is 2.21. The van der Waals surface area contributed by atoms with Crippen molar-refractivity contribution in [2.75, 3.05) is 6.54 Å². The van der Waals surface area contributed by atoms with E-state index in [4.69, 9.17) is 5.11 Å². The first kappa shape index (κ1) is 14.5. The van der Waals surface area contributed by atoms with Crippen molar-refractivity contribution in [3.63, 3.8) is 0 Å². The van der Waals surface area contributed by atoms with Gasteiger partial charge in [0.25, 0.3) is 0 Å². The molecule has 1 fully saturated rings. The molecule has 0 unspecified atom stereocenters. The number of amides is 1. The monoisotopic (exact) mass is 280 g/mol. The average Bonchev–Trinajstić information content (AvgIpc) is 2.96. The Kier molecular flexibility index (Phi) is 5.09. The molecule has 1 aliphatic heterocycles. The van der Waals surface area contributed by atoms with E-state index in [9.17, 15) is 9.59 Å². The Labute approximate surface area is 117 Å². The van der Waals surface area contributed by atoms with E-state index in [-0.39, 0.29) is 18.4 Å². The van der Waals surface area contributed by atoms with Gasteiger partial charge in [-0.05, 0) is 25.7 Å². The maximum absolute atomic E-state index is 12.3. The van der Waals surface area contributed by atoms with Gasteiger partial charge in [-0.1, -0.05) is 0 Å². The number of carbonyl (C=O) groups is 2. The van der Waals surface area contributed by atoms with Gasteiger partial charge in [-0.3, -0.25) is 14.3 Å². The zero-order chi connectivity index (χ0) is 14.4. The van der Waals surface area contributed by atoms with Gasteiger partial charge in [-0.15, -0.1) is 0 Å². The fourth-order valence-corrected chi connectivity index (χ4v) is 2.62. The lowest BCUT2D eigenvalue weighted by molar-refractivity contribution is -0.140. The summed E-state index contributed by atoms with van der Waals surface area (Å²) in [7, 11) is 0. The van der Waals surface area contributed by atoms with E-state index in [0.29, 0.717) is 19.4 Å². The number of hydrogen-bond acceptors (Lipinski definition) is 4. The van der Waals surface area contributed by atoms with E-state index in [2.05, 4.69) is 10.1 Å². The minimum atomic E-state index is -0.800. The lowest BCUT2D eigenvalue weighted by Crippen LogP contribution is -2.44. The molecule has 2 rings (SSSR count). The van der Waals surface area contributed by atoms with E-state index < -0.39 is 5.97 Å². The first-order valence-corrected chi connectivity index (χ1v) is 7.00. The number of aryl methyl sites for hydroxylation is 1. The van der Waals surface area contributed by atoms with Crippen LogP contribution in [-0.4, -0.2) is 49.2 Å². The van der Waals surface area contributed by atoms with Gasteiger partial charge in [-0.2, -0.15) is 5.10 Å². The van der Waals surface area contributed by atoms with Gasteiger partial charge in [0, 0.05) is 25.4 Å². The molecular formula is C13H20N4O3. The molecule has 0 bridgehead atoms. The predicted molar refractivity (Wildman–Crippen MR) is 70.9 cm³/mol. The van der Waals surface area contributed by atoms with Gasteiger partial charge in [0.05, 0.1) is 6.54 Å². The van der Waals surface area contributed by atoms with E-state index in [1.165, 1.54) is 6.33 Å². The molecule has 0 saturated carbocycles. The summed E-state index contributed by atoms with van der Waals surface area (Å²) in [5, 5.41) is 12.7. The zero-order valence-corrected chi connectivity index (χ0v) is 11.4. The summed E-state index contributed by atoms with van der Waals surface area (Å²) in [6, 6.07) is 0.0723. The Balaban J connectivity index is 1.86. The number of nitrogens with zero attached hydrogens (tertiary/aromatic N) is 4. The summed E-state index contributed by atoms with van der Waals surface area (Å²) in [4.78, 5) is 28.6. The van der Waals surface area contributed by atoms with E-state index in [1.807, 2.05) is 4.90 Å². The van der Waals surface area contributed by atoms with Gasteiger partial charge in [0.15, 0.2) is 0 Å². The van der Waals surface area contributed by atoms with Crippen LogP contribution in [0.25, 0.3) is 0 Å². The second-order valence-corrected chi connectivity index (χ2v) is 5.08. The average molecular weight is 280 g/mol. The predicted octanol–water partition coefficient (Wildman–Crippen LogP) is 0.914. The Morgan fingerprint density at radius 1 is 1.30 bits per heavy atom. The molecule has 2 heterocycles. The van der Waals surface area contributed by atoms with Crippen LogP contribution in [0.4, 0.5) is 0 Å². The number of aliphatic carboxylic acids is 1. The number of aromatic nitrogens is 3. The second kappa shape index (κ2) is 7.02. The summed E-state index contributed by atoms with van der Waals surface area (Å²) in [6.07, 6.45) is 7.05. The molecule has 20 heavy (non-hydrogen) atoms. The van der Waals surface area contributed by atoms with Crippen molar-refractivity contribution in [1.29, 1.82) is 0 Å². The van der Waals surface area contributed by atoms with Gasteiger partial charge >= 0.3 is 5.97 Å². The molecule has 7 heteroatoms. The Hall–Kier alpha value is -1.92. The van der Waals surface area contributed by atoms with Crippen LogP contribution in [0.15, 0.2) is 12.7 Å². The standard InChI is InChI=1S/C13H20N4O3/c18-12(6-8-16-10-14-9-15-16)17-7-2-1-3-11(17)4-5-13(19)20/h9-11H,1-8H2,(H,19,20)/t11-/m1/s1. The molecule has 0 aromatic carbocycles. The van der Waals surface area contributed by atoms with Gasteiger partial charge in [-0.25, -0.2) is 4.98 Å². The fraction of sp³-hybridized carbons (Fsp3) is 0.692. The molecule has 1 saturated heterocycles. The third kappa shape index (κ3) is 4.04. The van der Waals surface area contributed by atoms with Crippen molar-refractivity contribution in [3.05, 3.63) is 12.7 Å². The second-order valence-electron chi connectivity index (χ2n) is 5.08. The highest BCUT2D eigenvalue weighted by molar-refractivity contribution is 5.76. The van der Waals surface area contributed by atoms with Crippen LogP contribution in [0.3, 0.4) is 0 Å². The van der Waals surface area contributed by atoms with Crippen LogP contribution in [0.5, 0.6) is 0 Å². The molecule has 1 amide bonds. The Bertz CT molecular complexity index is 446. The fourth-order valence-electron chi connectivity index (χ4n) is 2.62. The summed E-state index contributed by atoms with van der Waals surface area (Å²) in [6.45, 7) is 1.25. The summed E-state index contributed by atoms with van der Waals surface area (Å²) >= 11 is 0. The first-order valence-electron chi connectivity index (χ1n) is 7.00. The van der Waals surface area contributed by atoms with E-state index >= 15 is 0 Å². The number of rotatable bonds is 6. The minimum absolute atomic E-state index is 0.0723. The molecule has 0 radical (unpaired) electrons. The van der Waals surface area contributed by atoms with Crippen LogP contribution in [0, 0.1) is 0 Å². The van der Waals surface area contributed by atoms with Crippen molar-refractivity contribution in [1.82, 2.24) is 19.7 Å². The van der Waals surface area contributed by atoms with Crippen LogP contribution < -0.4 is 0 Å². The normalized spacial score (nSPS) is 19.0. The Morgan fingerprint density at radius 2 is 2.15 bits per heavy atom. The van der Waals surface area contributed by atoms with Crippen LogP contribution in [0.1, 0.15) is 38.5 Å². The largest absolute Gasteiger partial charge is 0.481 e. The van der Waals surface area contributed by atoms with Crippen LogP contribution in [-0.2, 0) is 16.1 Å². The molecule has 1 aromatic heterocycles. The van der Waals surface area contributed by atoms with Crippen molar-refractivity contribution in [3.8, 4) is 0 Å². The van der Waals surface area contributed by atoms with Crippen molar-refractivity contribution in [2.45, 2.75) is 51.1 Å². The van der Waals surface area contributed by atoms with Crippen molar-refractivity contribution >= 4 is 11.9 Å². The minimum Gasteiger partial charge on any atom is -0.481 e. The topological polar surface area (TPSA) is 88.3 Å². The number of carboxylic acids is 1. The third-order valence-electron chi connectivity index (χ3n) is 3.66. The Morgan fingerprint density at radius 3 is 2.85 bits per heavy atom. The maximum Gasteiger partial charge on any atom is 0.303 e. The van der Waals surface area contributed by atoms with E-state index in [1.54, 1.807) is 11.0 Å². The number of carboxylic acid groups (broad SMARTS) is 1. The van der Waals surface area contributed by atoms with Gasteiger partial charge in [0.1, 0.15) is 12.7 Å².